The summed E-state index contributed by atoms with van der Waals surface area (Å²) in [4.78, 5) is 11.3. The summed E-state index contributed by atoms with van der Waals surface area (Å²) in [7, 11) is 0. The molecule has 1 atom stereocenters. The van der Waals surface area contributed by atoms with E-state index in [1.807, 2.05) is 0 Å². The molecule has 17 heavy (non-hydrogen) atoms. The summed E-state index contributed by atoms with van der Waals surface area (Å²) in [5.74, 6) is -1.04. The Morgan fingerprint density at radius 3 is 2.82 bits per heavy atom. The lowest BCUT2D eigenvalue weighted by atomic mass is 9.95. The van der Waals surface area contributed by atoms with Gasteiger partial charge in [0.15, 0.2) is 0 Å². The Kier molecular flexibility index (Phi) is 5.10. The Bertz CT molecular complexity index is 390. The fourth-order valence-corrected chi connectivity index (χ4v) is 1.68. The van der Waals surface area contributed by atoms with Crippen LogP contribution in [0.3, 0.4) is 0 Å². The molecule has 0 amide bonds. The summed E-state index contributed by atoms with van der Waals surface area (Å²) >= 11 is 0. The Balaban J connectivity index is 2.81. The van der Waals surface area contributed by atoms with Crippen LogP contribution in [0.1, 0.15) is 37.3 Å². The van der Waals surface area contributed by atoms with Crippen molar-refractivity contribution in [2.75, 3.05) is 6.61 Å². The van der Waals surface area contributed by atoms with Gasteiger partial charge in [0.2, 0.25) is 0 Å². The molecule has 0 spiro atoms. The van der Waals surface area contributed by atoms with Crippen LogP contribution in [0.4, 0.5) is 4.39 Å². The van der Waals surface area contributed by atoms with Gasteiger partial charge in [0.25, 0.3) is 0 Å². The number of carbonyl (C=O) groups is 1. The number of hydrogen-bond acceptors (Lipinski definition) is 3. The Hall–Kier alpha value is -1.42. The third-order valence-corrected chi connectivity index (χ3v) is 2.59. The zero-order chi connectivity index (χ0) is 12.8. The maximum atomic E-state index is 13.8. The van der Waals surface area contributed by atoms with Crippen LogP contribution < -0.4 is 0 Å². The third-order valence-electron chi connectivity index (χ3n) is 2.59. The minimum Gasteiger partial charge on any atom is -0.466 e. The average molecular weight is 240 g/mol. The highest BCUT2D eigenvalue weighted by Gasteiger charge is 2.17. The Morgan fingerprint density at radius 1 is 1.53 bits per heavy atom. The van der Waals surface area contributed by atoms with Gasteiger partial charge in [-0.05, 0) is 18.4 Å². The second-order valence-electron chi connectivity index (χ2n) is 3.89. The molecule has 1 aromatic rings. The van der Waals surface area contributed by atoms with Crippen LogP contribution in [0.5, 0.6) is 0 Å². The van der Waals surface area contributed by atoms with Gasteiger partial charge >= 0.3 is 5.97 Å². The van der Waals surface area contributed by atoms with Crippen molar-refractivity contribution in [1.82, 2.24) is 0 Å². The van der Waals surface area contributed by atoms with E-state index in [0.717, 1.165) is 0 Å². The molecule has 4 heteroatoms. The summed E-state index contributed by atoms with van der Waals surface area (Å²) in [6, 6.07) is 4.82. The topological polar surface area (TPSA) is 46.5 Å². The molecule has 0 radical (unpaired) electrons. The number of hydrogen-bond donors (Lipinski definition) is 1. The van der Waals surface area contributed by atoms with Gasteiger partial charge in [-0.2, -0.15) is 0 Å². The van der Waals surface area contributed by atoms with E-state index in [1.165, 1.54) is 6.07 Å². The highest BCUT2D eigenvalue weighted by molar-refractivity contribution is 5.70. The van der Waals surface area contributed by atoms with E-state index < -0.39 is 5.82 Å². The molecule has 1 unspecified atom stereocenters. The first-order valence-electron chi connectivity index (χ1n) is 5.63. The molecule has 0 saturated carbocycles. The van der Waals surface area contributed by atoms with Gasteiger partial charge in [0, 0.05) is 5.56 Å². The Morgan fingerprint density at radius 2 is 2.24 bits per heavy atom. The van der Waals surface area contributed by atoms with E-state index in [9.17, 15) is 9.18 Å². The second-order valence-corrected chi connectivity index (χ2v) is 3.89. The van der Waals surface area contributed by atoms with Gasteiger partial charge in [0.1, 0.15) is 5.82 Å². The molecular weight excluding hydrogens is 223 g/mol. The molecule has 0 aliphatic heterocycles. The maximum absolute atomic E-state index is 13.8. The molecule has 0 heterocycles. The second kappa shape index (κ2) is 6.35. The van der Waals surface area contributed by atoms with Crippen molar-refractivity contribution in [3.63, 3.8) is 0 Å². The van der Waals surface area contributed by atoms with Gasteiger partial charge in [0.05, 0.1) is 19.6 Å². The van der Waals surface area contributed by atoms with Crippen LogP contribution >= 0.6 is 0 Å². The largest absolute Gasteiger partial charge is 0.466 e. The molecule has 0 bridgehead atoms. The number of ether oxygens (including phenoxy) is 1. The van der Waals surface area contributed by atoms with E-state index in [1.54, 1.807) is 26.0 Å². The standard InChI is InChI=1S/C13H17FO3/c1-3-17-12(16)7-9(2)11-6-4-5-10(8-15)13(11)14/h4-6,9,15H,3,7-8H2,1-2H3. The predicted molar refractivity (Wildman–Crippen MR) is 62.0 cm³/mol. The SMILES string of the molecule is CCOC(=O)CC(C)c1cccc(CO)c1F. The Labute approximate surface area is 100 Å². The summed E-state index contributed by atoms with van der Waals surface area (Å²) < 4.78 is 18.7. The highest BCUT2D eigenvalue weighted by atomic mass is 19.1. The van der Waals surface area contributed by atoms with Crippen molar-refractivity contribution in [3.8, 4) is 0 Å². The fraction of sp³-hybridized carbons (Fsp3) is 0.462. The zero-order valence-corrected chi connectivity index (χ0v) is 10.1. The molecule has 94 valence electrons. The van der Waals surface area contributed by atoms with Crippen LogP contribution in [-0.2, 0) is 16.1 Å². The van der Waals surface area contributed by atoms with E-state index in [-0.39, 0.29) is 30.5 Å². The molecule has 0 fully saturated rings. The van der Waals surface area contributed by atoms with Gasteiger partial charge in [-0.15, -0.1) is 0 Å². The summed E-state index contributed by atoms with van der Waals surface area (Å²) in [5.41, 5.74) is 0.683. The molecule has 0 aromatic heterocycles. The van der Waals surface area contributed by atoms with E-state index in [0.29, 0.717) is 12.2 Å². The van der Waals surface area contributed by atoms with Crippen LogP contribution in [0, 0.1) is 5.82 Å². The molecule has 1 N–H and O–H groups in total. The van der Waals surface area contributed by atoms with Crippen molar-refractivity contribution in [2.45, 2.75) is 32.8 Å². The number of rotatable bonds is 5. The minimum absolute atomic E-state index is 0.139. The van der Waals surface area contributed by atoms with Crippen LogP contribution in [0.2, 0.25) is 0 Å². The number of benzene rings is 1. The first-order chi connectivity index (χ1) is 8.10. The zero-order valence-electron chi connectivity index (χ0n) is 10.1. The summed E-state index contributed by atoms with van der Waals surface area (Å²) in [5, 5.41) is 8.96. The number of aliphatic hydroxyl groups is 1. The average Bonchev–Trinajstić information content (AvgIpc) is 2.29. The van der Waals surface area contributed by atoms with Crippen molar-refractivity contribution in [2.24, 2.45) is 0 Å². The number of esters is 1. The van der Waals surface area contributed by atoms with Crippen molar-refractivity contribution >= 4 is 5.97 Å². The number of carbonyl (C=O) groups excluding carboxylic acids is 1. The van der Waals surface area contributed by atoms with Crippen LogP contribution in [0.25, 0.3) is 0 Å². The normalized spacial score (nSPS) is 12.2. The van der Waals surface area contributed by atoms with Crippen molar-refractivity contribution < 1.29 is 19.0 Å². The van der Waals surface area contributed by atoms with Gasteiger partial charge in [-0.1, -0.05) is 25.1 Å². The fourth-order valence-electron chi connectivity index (χ4n) is 1.68. The maximum Gasteiger partial charge on any atom is 0.306 e. The third kappa shape index (κ3) is 3.53. The predicted octanol–water partition coefficient (Wildman–Crippen LogP) is 2.37. The lowest BCUT2D eigenvalue weighted by Crippen LogP contribution is -2.10. The molecule has 0 aliphatic carbocycles. The summed E-state index contributed by atoms with van der Waals surface area (Å²) in [6.07, 6.45) is 0.139. The van der Waals surface area contributed by atoms with Gasteiger partial charge < -0.3 is 9.84 Å². The van der Waals surface area contributed by atoms with Crippen molar-refractivity contribution in [1.29, 1.82) is 0 Å². The molecule has 1 rings (SSSR count). The van der Waals surface area contributed by atoms with E-state index in [2.05, 4.69) is 0 Å². The molecule has 3 nitrogen and oxygen atoms in total. The van der Waals surface area contributed by atoms with Crippen molar-refractivity contribution in [3.05, 3.63) is 35.1 Å². The smallest absolute Gasteiger partial charge is 0.306 e. The first-order valence-corrected chi connectivity index (χ1v) is 5.63. The summed E-state index contributed by atoms with van der Waals surface area (Å²) in [6.45, 7) is 3.47. The lowest BCUT2D eigenvalue weighted by molar-refractivity contribution is -0.143. The monoisotopic (exact) mass is 240 g/mol. The van der Waals surface area contributed by atoms with Crippen LogP contribution in [-0.4, -0.2) is 17.7 Å². The minimum atomic E-state index is -0.438. The van der Waals surface area contributed by atoms with Gasteiger partial charge in [-0.3, -0.25) is 4.79 Å². The quantitative estimate of drug-likeness (QED) is 0.804. The molecule has 0 aliphatic rings. The van der Waals surface area contributed by atoms with Gasteiger partial charge in [-0.25, -0.2) is 4.39 Å². The number of aliphatic hydroxyl groups excluding tert-OH is 1. The number of halogens is 1. The van der Waals surface area contributed by atoms with E-state index >= 15 is 0 Å². The van der Waals surface area contributed by atoms with Crippen LogP contribution in [0.15, 0.2) is 18.2 Å². The molecular formula is C13H17FO3. The molecule has 0 saturated heterocycles. The van der Waals surface area contributed by atoms with E-state index in [4.69, 9.17) is 9.84 Å². The molecule has 1 aromatic carbocycles. The highest BCUT2D eigenvalue weighted by Crippen LogP contribution is 2.24. The first kappa shape index (κ1) is 13.6. The lowest BCUT2D eigenvalue weighted by Gasteiger charge is -2.13.